The van der Waals surface area contributed by atoms with Crippen molar-refractivity contribution in [3.05, 3.63) is 126 Å². The first-order chi connectivity index (χ1) is 32.4. The fraction of sp³-hybridized carbons (Fsp3) is 0.351. The fourth-order valence-electron chi connectivity index (χ4n) is 9.81. The molecule has 1 N–H and O–H groups in total. The van der Waals surface area contributed by atoms with E-state index >= 15 is 0 Å². The molecule has 0 saturated heterocycles. The second-order valence-corrected chi connectivity index (χ2v) is 20.2. The minimum absolute atomic E-state index is 0. The van der Waals surface area contributed by atoms with Crippen LogP contribution < -0.4 is 0 Å². The number of carbonyl (C=O) groups excluding carboxylic acids is 1. The molecule has 0 aliphatic rings. The normalized spacial score (nSPS) is 13.5. The maximum absolute atomic E-state index is 13.2. The van der Waals surface area contributed by atoms with Crippen LogP contribution in [0.15, 0.2) is 113 Å². The number of aliphatic hydroxyl groups excluding tert-OH is 1. The molecule has 4 aromatic heterocycles. The second-order valence-electron chi connectivity index (χ2n) is 20.2. The van der Waals surface area contributed by atoms with Gasteiger partial charge in [-0.25, -0.2) is 0 Å². The Morgan fingerprint density at radius 1 is 0.657 bits per heavy atom. The van der Waals surface area contributed by atoms with Crippen LogP contribution in [0.5, 0.6) is 0 Å². The molecule has 0 saturated carbocycles. The third-order valence-electron chi connectivity index (χ3n) is 14.4. The van der Waals surface area contributed by atoms with Crippen LogP contribution in [0.2, 0.25) is 0 Å². The second kappa shape index (κ2) is 18.4. The van der Waals surface area contributed by atoms with Gasteiger partial charge in [-0.1, -0.05) is 118 Å². The van der Waals surface area contributed by atoms with Crippen LogP contribution in [0.4, 0.5) is 26.3 Å². The monoisotopic (exact) mass is 1140 g/mol. The maximum atomic E-state index is 13.2. The van der Waals surface area contributed by atoms with E-state index in [0.717, 1.165) is 77.6 Å². The molecule has 5 aromatic carbocycles. The number of aromatic nitrogens is 3. The standard InChI is InChI=1S/C42H34N3O.C15H22F6O2.Ir/c1-41(2,3)27-18-26(19-28(22-27)42(4,5)6)38-40-34(23-43-44-38)30-16-14-25(21-37(30)46-40)24-15-17-36-33(20-24)32-12-9-11-31-29-10-7-8-13-35(29)45(36)39(31)32;1-5-12(6-2,14(16,17)18)10(22)9-11(23)13(7-3,8-4)15(19,20)21;/h7-18,20-23H,1-6H3;9,22H,5-8H2,1-4H3;/q-1;;/b;10-9-;. The zero-order valence-corrected chi connectivity index (χ0v) is 43.2. The number of carbonyl (C=O) groups is 1. The van der Waals surface area contributed by atoms with Gasteiger partial charge in [0.25, 0.3) is 0 Å². The van der Waals surface area contributed by atoms with Crippen molar-refractivity contribution in [2.45, 2.75) is 118 Å². The Morgan fingerprint density at radius 3 is 1.83 bits per heavy atom. The van der Waals surface area contributed by atoms with E-state index in [1.807, 2.05) is 6.20 Å². The fourth-order valence-corrected chi connectivity index (χ4v) is 9.81. The van der Waals surface area contributed by atoms with Crippen LogP contribution in [0.1, 0.15) is 106 Å². The number of allylic oxidation sites excluding steroid dienone is 2. The average molecular weight is 1140 g/mol. The van der Waals surface area contributed by atoms with Crippen molar-refractivity contribution < 1.29 is 60.8 Å². The van der Waals surface area contributed by atoms with Crippen molar-refractivity contribution in [2.75, 3.05) is 0 Å². The SMILES string of the molecule is CC(C)(C)c1[c-]c(-c2nncc3c2oc2cc(-c4ccc5c(c4)c4cccc6c7ccccc7n5c64)ccc23)cc(C(C)(C)C)c1.CCC(CC)(C(=O)/C=C(\O)C(CC)(CC)C(F)(F)F)C(F)(F)F.[Ir]. The van der Waals surface area contributed by atoms with Crippen LogP contribution in [-0.2, 0) is 35.7 Å². The maximum Gasteiger partial charge on any atom is 0.401 e. The largest absolute Gasteiger partial charge is 0.511 e. The molecule has 4 heterocycles. The predicted octanol–water partition coefficient (Wildman–Crippen LogP) is 17.0. The molecule has 0 spiro atoms. The van der Waals surface area contributed by atoms with Gasteiger partial charge in [0.2, 0.25) is 0 Å². The Bertz CT molecular complexity index is 3400. The topological polar surface area (TPSA) is 80.6 Å². The number of nitrogens with zero attached hydrogens (tertiary/aromatic N) is 3. The van der Waals surface area contributed by atoms with Gasteiger partial charge < -0.3 is 13.9 Å². The molecular formula is C57H56F6IrN3O3-. The molecular weight excluding hydrogens is 1080 g/mol. The summed E-state index contributed by atoms with van der Waals surface area (Å²) in [6.45, 7) is 18.0. The third kappa shape index (κ3) is 8.54. The molecule has 0 unspecified atom stereocenters. The molecule has 13 heteroatoms. The summed E-state index contributed by atoms with van der Waals surface area (Å²) in [5.41, 5.74) is 6.06. The summed E-state index contributed by atoms with van der Waals surface area (Å²) in [4.78, 5) is 12.1. The van der Waals surface area contributed by atoms with Crippen LogP contribution in [0.25, 0.3) is 82.4 Å². The zero-order chi connectivity index (χ0) is 50.2. The number of furan rings is 1. The summed E-state index contributed by atoms with van der Waals surface area (Å²) in [6.07, 6.45) is -10.3. The summed E-state index contributed by atoms with van der Waals surface area (Å²) in [7, 11) is 0. The van der Waals surface area contributed by atoms with Crippen molar-refractivity contribution >= 4 is 65.8 Å². The Hall–Kier alpha value is -5.78. The number of hydrogen-bond donors (Lipinski definition) is 1. The van der Waals surface area contributed by atoms with Gasteiger partial charge >= 0.3 is 12.4 Å². The van der Waals surface area contributed by atoms with Crippen molar-refractivity contribution in [1.29, 1.82) is 0 Å². The number of alkyl halides is 6. The van der Waals surface area contributed by atoms with Gasteiger partial charge in [-0.3, -0.25) is 4.79 Å². The number of halogens is 6. The molecule has 9 rings (SSSR count). The summed E-state index contributed by atoms with van der Waals surface area (Å²) in [5.74, 6) is -2.92. The Kier molecular flexibility index (Phi) is 13.7. The third-order valence-corrected chi connectivity index (χ3v) is 14.4. The molecule has 1 radical (unpaired) electrons. The summed E-state index contributed by atoms with van der Waals surface area (Å²) < 4.78 is 88.4. The van der Waals surface area contributed by atoms with Crippen molar-refractivity contribution in [3.63, 3.8) is 0 Å². The van der Waals surface area contributed by atoms with Gasteiger partial charge in [-0.2, -0.15) is 36.5 Å². The first-order valence-corrected chi connectivity index (χ1v) is 23.4. The van der Waals surface area contributed by atoms with Gasteiger partial charge in [0, 0.05) is 58.5 Å². The molecule has 0 fully saturated rings. The molecule has 70 heavy (non-hydrogen) atoms. The van der Waals surface area contributed by atoms with Gasteiger partial charge in [0.15, 0.2) is 5.78 Å². The number of para-hydroxylation sites is 2. The van der Waals surface area contributed by atoms with Crippen LogP contribution in [-0.4, -0.2) is 37.8 Å². The molecule has 0 amide bonds. The smallest absolute Gasteiger partial charge is 0.401 e. The van der Waals surface area contributed by atoms with E-state index in [0.29, 0.717) is 0 Å². The number of ketones is 1. The molecule has 9 aromatic rings. The molecule has 0 bridgehead atoms. The molecule has 0 aliphatic carbocycles. The number of benzene rings is 5. The number of aliphatic hydroxyl groups is 1. The van der Waals surface area contributed by atoms with Gasteiger partial charge in [-0.05, 0) is 78.0 Å². The van der Waals surface area contributed by atoms with E-state index in [9.17, 15) is 36.2 Å². The van der Waals surface area contributed by atoms with Gasteiger partial charge in [-0.15, -0.1) is 34.9 Å². The quantitative estimate of drug-likeness (QED) is 0.0674. The van der Waals surface area contributed by atoms with Crippen LogP contribution >= 0.6 is 0 Å². The number of rotatable bonds is 9. The van der Waals surface area contributed by atoms with E-state index in [-0.39, 0.29) is 37.0 Å². The molecule has 0 aliphatic heterocycles. The Labute approximate surface area is 416 Å². The molecule has 6 nitrogen and oxygen atoms in total. The van der Waals surface area contributed by atoms with Crippen molar-refractivity contribution in [3.8, 4) is 22.4 Å². The van der Waals surface area contributed by atoms with Crippen molar-refractivity contribution in [1.82, 2.24) is 14.6 Å². The van der Waals surface area contributed by atoms with E-state index < -0.39 is 60.4 Å². The van der Waals surface area contributed by atoms with Crippen LogP contribution in [0, 0.1) is 16.9 Å². The van der Waals surface area contributed by atoms with Crippen molar-refractivity contribution in [2.24, 2.45) is 10.8 Å². The predicted molar refractivity (Wildman–Crippen MR) is 265 cm³/mol. The van der Waals surface area contributed by atoms with E-state index in [1.165, 1.54) is 43.7 Å². The van der Waals surface area contributed by atoms with Gasteiger partial charge in [0.1, 0.15) is 27.8 Å². The minimum Gasteiger partial charge on any atom is -0.511 e. The summed E-state index contributed by atoms with van der Waals surface area (Å²) >= 11 is 0. The molecule has 0 atom stereocenters. The Morgan fingerprint density at radius 2 is 1.23 bits per heavy atom. The molecule has 369 valence electrons. The first kappa shape index (κ1) is 52.1. The Balaban J connectivity index is 0.000000258. The zero-order valence-electron chi connectivity index (χ0n) is 40.8. The van der Waals surface area contributed by atoms with E-state index in [1.54, 1.807) is 0 Å². The van der Waals surface area contributed by atoms with Gasteiger partial charge in [0.05, 0.1) is 28.4 Å². The number of hydrogen-bond acceptors (Lipinski definition) is 5. The van der Waals surface area contributed by atoms with Crippen LogP contribution in [0.3, 0.4) is 0 Å². The first-order valence-electron chi connectivity index (χ1n) is 23.4. The minimum atomic E-state index is -4.91. The van der Waals surface area contributed by atoms with E-state index in [4.69, 9.17) is 4.42 Å². The summed E-state index contributed by atoms with van der Waals surface area (Å²) in [5, 5.41) is 26.0. The number of fused-ring (bicyclic) bond motifs is 9. The average Bonchev–Trinajstić information content (AvgIpc) is 3.95. The summed E-state index contributed by atoms with van der Waals surface area (Å²) in [6, 6.07) is 36.8. The van der Waals surface area contributed by atoms with E-state index in [2.05, 4.69) is 153 Å².